The lowest BCUT2D eigenvalue weighted by Gasteiger charge is -2.05. The van der Waals surface area contributed by atoms with Gasteiger partial charge < -0.3 is 9.15 Å². The third kappa shape index (κ3) is 2.45. The van der Waals surface area contributed by atoms with Crippen LogP contribution < -0.4 is 5.76 Å². The summed E-state index contributed by atoms with van der Waals surface area (Å²) in [6.45, 7) is 0.334. The lowest BCUT2D eigenvalue weighted by Crippen LogP contribution is -2.15. The summed E-state index contributed by atoms with van der Waals surface area (Å²) in [7, 11) is 1.34. The molecule has 0 radical (unpaired) electrons. The van der Waals surface area contributed by atoms with Crippen molar-refractivity contribution in [3.63, 3.8) is 0 Å². The van der Waals surface area contributed by atoms with Gasteiger partial charge >= 0.3 is 11.7 Å². The van der Waals surface area contributed by atoms with Gasteiger partial charge in [0.1, 0.15) is 0 Å². The molecule has 0 spiro atoms. The van der Waals surface area contributed by atoms with Gasteiger partial charge in [0.2, 0.25) is 0 Å². The molecule has 1 heterocycles. The molecule has 3 aromatic rings. The topological polar surface area (TPSA) is 61.4 Å². The molecule has 2 aromatic carbocycles. The lowest BCUT2D eigenvalue weighted by molar-refractivity contribution is 0.0600. The number of para-hydroxylation sites is 2. The van der Waals surface area contributed by atoms with Gasteiger partial charge in [0.25, 0.3) is 0 Å². The molecule has 0 atom stereocenters. The molecule has 0 bridgehead atoms. The predicted molar refractivity (Wildman–Crippen MR) is 77.4 cm³/mol. The molecule has 0 amide bonds. The summed E-state index contributed by atoms with van der Waals surface area (Å²) in [6, 6.07) is 14.2. The van der Waals surface area contributed by atoms with Crippen LogP contribution in [0.15, 0.2) is 57.7 Å². The molecule has 5 nitrogen and oxygen atoms in total. The van der Waals surface area contributed by atoms with Gasteiger partial charge in [-0.3, -0.25) is 4.57 Å². The number of nitrogens with zero attached hydrogens (tertiary/aromatic N) is 1. The van der Waals surface area contributed by atoms with Crippen molar-refractivity contribution in [1.29, 1.82) is 0 Å². The van der Waals surface area contributed by atoms with Gasteiger partial charge in [0.15, 0.2) is 5.58 Å². The van der Waals surface area contributed by atoms with Gasteiger partial charge in [0.05, 0.1) is 24.7 Å². The Labute approximate surface area is 120 Å². The Morgan fingerprint density at radius 3 is 2.81 bits per heavy atom. The molecule has 0 fully saturated rings. The molecule has 106 valence electrons. The van der Waals surface area contributed by atoms with E-state index in [-0.39, 0.29) is 0 Å². The minimum Gasteiger partial charge on any atom is -0.465 e. The number of aromatic nitrogens is 1. The number of oxazole rings is 1. The van der Waals surface area contributed by atoms with Gasteiger partial charge in [0, 0.05) is 0 Å². The molecule has 0 saturated carbocycles. The molecule has 21 heavy (non-hydrogen) atoms. The molecular formula is C16H13NO4. The SMILES string of the molecule is COC(=O)c1cccc(Cn2c(=O)oc3ccccc32)c1. The first-order valence-corrected chi connectivity index (χ1v) is 6.44. The maximum Gasteiger partial charge on any atom is 0.420 e. The van der Waals surface area contributed by atoms with Crippen LogP contribution in [-0.4, -0.2) is 17.6 Å². The third-order valence-corrected chi connectivity index (χ3v) is 3.26. The predicted octanol–water partition coefficient (Wildman–Crippen LogP) is 2.43. The van der Waals surface area contributed by atoms with Gasteiger partial charge in [-0.15, -0.1) is 0 Å². The normalized spacial score (nSPS) is 10.7. The van der Waals surface area contributed by atoms with Gasteiger partial charge in [-0.25, -0.2) is 9.59 Å². The number of rotatable bonds is 3. The average Bonchev–Trinajstić information content (AvgIpc) is 2.83. The number of esters is 1. The van der Waals surface area contributed by atoms with Crippen LogP contribution in [-0.2, 0) is 11.3 Å². The van der Waals surface area contributed by atoms with Crippen molar-refractivity contribution in [3.8, 4) is 0 Å². The summed E-state index contributed by atoms with van der Waals surface area (Å²) in [5.74, 6) is -0.819. The standard InChI is InChI=1S/C16H13NO4/c1-20-15(18)12-6-4-5-11(9-12)10-17-13-7-2-3-8-14(13)21-16(17)19/h2-9H,10H2,1H3. The summed E-state index contributed by atoms with van der Waals surface area (Å²) in [6.07, 6.45) is 0. The fourth-order valence-corrected chi connectivity index (χ4v) is 2.26. The quantitative estimate of drug-likeness (QED) is 0.693. The maximum absolute atomic E-state index is 11.9. The average molecular weight is 283 g/mol. The van der Waals surface area contributed by atoms with Gasteiger partial charge in [-0.1, -0.05) is 24.3 Å². The summed E-state index contributed by atoms with van der Waals surface area (Å²) in [5.41, 5.74) is 2.56. The Bertz CT molecular complexity index is 860. The van der Waals surface area contributed by atoms with E-state index in [2.05, 4.69) is 0 Å². The highest BCUT2D eigenvalue weighted by Gasteiger charge is 2.10. The van der Waals surface area contributed by atoms with Crippen molar-refractivity contribution in [2.75, 3.05) is 7.11 Å². The number of carbonyl (C=O) groups excluding carboxylic acids is 1. The summed E-state index contributed by atoms with van der Waals surface area (Å²) < 4.78 is 11.4. The van der Waals surface area contributed by atoms with E-state index in [1.807, 2.05) is 24.3 Å². The second-order valence-corrected chi connectivity index (χ2v) is 4.61. The Hall–Kier alpha value is -2.82. The number of carbonyl (C=O) groups is 1. The highest BCUT2D eigenvalue weighted by atomic mass is 16.5. The molecule has 3 rings (SSSR count). The van der Waals surface area contributed by atoms with Gasteiger partial charge in [-0.05, 0) is 29.8 Å². The number of benzene rings is 2. The fourth-order valence-electron chi connectivity index (χ4n) is 2.26. The first-order chi connectivity index (χ1) is 10.2. The summed E-state index contributed by atoms with van der Waals surface area (Å²) in [5, 5.41) is 0. The van der Waals surface area contributed by atoms with Crippen molar-refractivity contribution in [1.82, 2.24) is 4.57 Å². The zero-order valence-electron chi connectivity index (χ0n) is 11.4. The first-order valence-electron chi connectivity index (χ1n) is 6.44. The van der Waals surface area contributed by atoms with Crippen LogP contribution in [0.5, 0.6) is 0 Å². The highest BCUT2D eigenvalue weighted by Crippen LogP contribution is 2.14. The number of hydrogen-bond acceptors (Lipinski definition) is 4. The minimum absolute atomic E-state index is 0.334. The number of ether oxygens (including phenoxy) is 1. The van der Waals surface area contributed by atoms with E-state index in [4.69, 9.17) is 9.15 Å². The maximum atomic E-state index is 11.9. The van der Waals surface area contributed by atoms with Crippen LogP contribution in [0.25, 0.3) is 11.1 Å². The molecule has 5 heteroatoms. The second kappa shape index (κ2) is 5.28. The molecule has 0 N–H and O–H groups in total. The highest BCUT2D eigenvalue weighted by molar-refractivity contribution is 5.89. The Kier molecular flexibility index (Phi) is 3.31. The minimum atomic E-state index is -0.417. The fraction of sp³-hybridized carbons (Fsp3) is 0.125. The first kappa shape index (κ1) is 13.2. The molecule has 0 aliphatic carbocycles. The summed E-state index contributed by atoms with van der Waals surface area (Å²) >= 11 is 0. The van der Waals surface area contributed by atoms with Crippen LogP contribution in [0.2, 0.25) is 0 Å². The third-order valence-electron chi connectivity index (χ3n) is 3.26. The van der Waals surface area contributed by atoms with Gasteiger partial charge in [-0.2, -0.15) is 0 Å². The van der Waals surface area contributed by atoms with Crippen molar-refractivity contribution in [2.24, 2.45) is 0 Å². The Morgan fingerprint density at radius 2 is 2.00 bits per heavy atom. The van der Waals surface area contributed by atoms with Crippen molar-refractivity contribution in [2.45, 2.75) is 6.54 Å². The van der Waals surface area contributed by atoms with Crippen molar-refractivity contribution < 1.29 is 13.9 Å². The van der Waals surface area contributed by atoms with Crippen molar-refractivity contribution in [3.05, 3.63) is 70.2 Å². The van der Waals surface area contributed by atoms with Crippen LogP contribution >= 0.6 is 0 Å². The Morgan fingerprint density at radius 1 is 1.19 bits per heavy atom. The number of methoxy groups -OCH3 is 1. The molecular weight excluding hydrogens is 270 g/mol. The van der Waals surface area contributed by atoms with E-state index in [0.717, 1.165) is 11.1 Å². The van der Waals surface area contributed by atoms with Crippen LogP contribution in [0, 0.1) is 0 Å². The van der Waals surface area contributed by atoms with E-state index >= 15 is 0 Å². The second-order valence-electron chi connectivity index (χ2n) is 4.61. The smallest absolute Gasteiger partial charge is 0.420 e. The monoisotopic (exact) mass is 283 g/mol. The van der Waals surface area contributed by atoms with E-state index in [0.29, 0.717) is 17.7 Å². The Balaban J connectivity index is 2.01. The van der Waals surface area contributed by atoms with E-state index in [1.54, 1.807) is 24.3 Å². The van der Waals surface area contributed by atoms with Crippen LogP contribution in [0.4, 0.5) is 0 Å². The molecule has 0 saturated heterocycles. The number of fused-ring (bicyclic) bond motifs is 1. The zero-order valence-corrected chi connectivity index (χ0v) is 11.4. The number of hydrogen-bond donors (Lipinski definition) is 0. The molecule has 1 aromatic heterocycles. The lowest BCUT2D eigenvalue weighted by atomic mass is 10.1. The zero-order chi connectivity index (χ0) is 14.8. The largest absolute Gasteiger partial charge is 0.465 e. The van der Waals surface area contributed by atoms with Crippen LogP contribution in [0.3, 0.4) is 0 Å². The molecule has 0 aliphatic heterocycles. The summed E-state index contributed by atoms with van der Waals surface area (Å²) in [4.78, 5) is 23.5. The molecule has 0 aliphatic rings. The van der Waals surface area contributed by atoms with Crippen LogP contribution in [0.1, 0.15) is 15.9 Å². The van der Waals surface area contributed by atoms with E-state index < -0.39 is 11.7 Å². The van der Waals surface area contributed by atoms with E-state index in [1.165, 1.54) is 11.7 Å². The van der Waals surface area contributed by atoms with Crippen molar-refractivity contribution >= 4 is 17.1 Å². The molecule has 0 unspecified atom stereocenters. The van der Waals surface area contributed by atoms with E-state index in [9.17, 15) is 9.59 Å².